The van der Waals surface area contributed by atoms with E-state index in [0.29, 0.717) is 5.41 Å². The molecule has 0 bridgehead atoms. The first-order valence-electron chi connectivity index (χ1n) is 5.97. The number of aliphatic hydroxyl groups is 1. The maximum atomic E-state index is 10.4. The van der Waals surface area contributed by atoms with Gasteiger partial charge < -0.3 is 5.11 Å². The number of thiazole rings is 1. The number of hydrogen-bond acceptors (Lipinski definition) is 4. The smallest absolute Gasteiger partial charge is 0.108 e. The van der Waals surface area contributed by atoms with Crippen LogP contribution in [0.4, 0.5) is 0 Å². The Labute approximate surface area is 106 Å². The van der Waals surface area contributed by atoms with Crippen LogP contribution in [0, 0.1) is 22.2 Å². The van der Waals surface area contributed by atoms with Crippen LogP contribution in [0.1, 0.15) is 50.5 Å². The van der Waals surface area contributed by atoms with Crippen molar-refractivity contribution < 1.29 is 5.11 Å². The van der Waals surface area contributed by atoms with Crippen LogP contribution in [0.2, 0.25) is 0 Å². The van der Waals surface area contributed by atoms with Gasteiger partial charge in [0, 0.05) is 6.20 Å². The summed E-state index contributed by atoms with van der Waals surface area (Å²) >= 11 is 1.43. The molecule has 0 spiro atoms. The average molecular weight is 250 g/mol. The van der Waals surface area contributed by atoms with Gasteiger partial charge in [0.25, 0.3) is 0 Å². The molecule has 1 aromatic rings. The summed E-state index contributed by atoms with van der Waals surface area (Å²) in [7, 11) is 0. The van der Waals surface area contributed by atoms with Gasteiger partial charge in [0.15, 0.2) is 0 Å². The van der Waals surface area contributed by atoms with Gasteiger partial charge >= 0.3 is 0 Å². The third kappa shape index (κ3) is 2.36. The predicted molar refractivity (Wildman–Crippen MR) is 67.4 cm³/mol. The molecule has 1 unspecified atom stereocenters. The highest BCUT2D eigenvalue weighted by Crippen LogP contribution is 2.51. The van der Waals surface area contributed by atoms with E-state index in [-0.39, 0.29) is 0 Å². The summed E-state index contributed by atoms with van der Waals surface area (Å²) in [5.74, 6) is 0. The molecule has 0 radical (unpaired) electrons. The van der Waals surface area contributed by atoms with Crippen molar-refractivity contribution in [1.82, 2.24) is 4.98 Å². The SMILES string of the molecule is CC1(C)CCC(C#N)(C(O)c2cncs2)CC1. The number of aromatic nitrogens is 1. The lowest BCUT2D eigenvalue weighted by Crippen LogP contribution is -2.34. The minimum absolute atomic E-state index is 0.299. The second kappa shape index (κ2) is 4.40. The monoisotopic (exact) mass is 250 g/mol. The molecule has 4 heteroatoms. The van der Waals surface area contributed by atoms with E-state index >= 15 is 0 Å². The third-order valence-corrected chi connectivity index (χ3v) is 4.79. The molecular weight excluding hydrogens is 232 g/mol. The highest BCUT2D eigenvalue weighted by molar-refractivity contribution is 7.09. The Morgan fingerprint density at radius 3 is 2.53 bits per heavy atom. The molecule has 1 aliphatic rings. The quantitative estimate of drug-likeness (QED) is 0.876. The normalized spacial score (nSPS) is 23.9. The Kier molecular flexibility index (Phi) is 3.24. The fourth-order valence-electron chi connectivity index (χ4n) is 2.45. The van der Waals surface area contributed by atoms with Crippen molar-refractivity contribution in [3.05, 3.63) is 16.6 Å². The number of nitriles is 1. The fraction of sp³-hybridized carbons (Fsp3) is 0.692. The van der Waals surface area contributed by atoms with E-state index in [4.69, 9.17) is 0 Å². The van der Waals surface area contributed by atoms with Gasteiger partial charge in [0.2, 0.25) is 0 Å². The molecule has 1 N–H and O–H groups in total. The van der Waals surface area contributed by atoms with Crippen molar-refractivity contribution in [3.8, 4) is 6.07 Å². The summed E-state index contributed by atoms with van der Waals surface area (Å²) in [4.78, 5) is 4.79. The van der Waals surface area contributed by atoms with Crippen LogP contribution < -0.4 is 0 Å². The van der Waals surface area contributed by atoms with E-state index in [1.807, 2.05) is 0 Å². The summed E-state index contributed by atoms with van der Waals surface area (Å²) < 4.78 is 0. The molecule has 1 aromatic heterocycles. The first kappa shape index (κ1) is 12.5. The van der Waals surface area contributed by atoms with Crippen LogP contribution in [-0.4, -0.2) is 10.1 Å². The van der Waals surface area contributed by atoms with Crippen molar-refractivity contribution in [2.45, 2.75) is 45.6 Å². The van der Waals surface area contributed by atoms with Gasteiger partial charge in [0.1, 0.15) is 6.10 Å². The Morgan fingerprint density at radius 2 is 2.06 bits per heavy atom. The molecule has 0 saturated heterocycles. The lowest BCUT2D eigenvalue weighted by atomic mass is 9.63. The minimum Gasteiger partial charge on any atom is -0.386 e. The van der Waals surface area contributed by atoms with Crippen LogP contribution in [0.5, 0.6) is 0 Å². The molecule has 17 heavy (non-hydrogen) atoms. The van der Waals surface area contributed by atoms with Crippen molar-refractivity contribution >= 4 is 11.3 Å². The molecule has 1 heterocycles. The van der Waals surface area contributed by atoms with Gasteiger partial charge in [-0.2, -0.15) is 5.26 Å². The fourth-order valence-corrected chi connectivity index (χ4v) is 3.17. The number of rotatable bonds is 2. The lowest BCUT2D eigenvalue weighted by molar-refractivity contribution is 0.0116. The third-order valence-electron chi connectivity index (χ3n) is 3.96. The molecule has 1 aliphatic carbocycles. The topological polar surface area (TPSA) is 56.9 Å². The summed E-state index contributed by atoms with van der Waals surface area (Å²) in [6.45, 7) is 4.46. The highest BCUT2D eigenvalue weighted by atomic mass is 32.1. The molecule has 0 amide bonds. The van der Waals surface area contributed by atoms with E-state index in [1.165, 1.54) is 11.3 Å². The van der Waals surface area contributed by atoms with E-state index in [0.717, 1.165) is 30.6 Å². The predicted octanol–water partition coefficient (Wildman–Crippen LogP) is 3.29. The van der Waals surface area contributed by atoms with Crippen LogP contribution >= 0.6 is 11.3 Å². The Bertz CT molecular complexity index is 409. The number of aliphatic hydroxyl groups excluding tert-OH is 1. The van der Waals surface area contributed by atoms with E-state index in [1.54, 1.807) is 11.7 Å². The summed E-state index contributed by atoms with van der Waals surface area (Å²) in [6, 6.07) is 2.37. The van der Waals surface area contributed by atoms with Crippen molar-refractivity contribution in [1.29, 1.82) is 5.26 Å². The lowest BCUT2D eigenvalue weighted by Gasteiger charge is -2.41. The molecule has 1 saturated carbocycles. The second-order valence-electron chi connectivity index (χ2n) is 5.74. The number of hydrogen-bond donors (Lipinski definition) is 1. The molecule has 1 fully saturated rings. The van der Waals surface area contributed by atoms with Crippen molar-refractivity contribution in [3.63, 3.8) is 0 Å². The van der Waals surface area contributed by atoms with Gasteiger partial charge in [-0.05, 0) is 31.1 Å². The molecule has 3 nitrogen and oxygen atoms in total. The number of nitrogens with zero attached hydrogens (tertiary/aromatic N) is 2. The molecule has 1 atom stereocenters. The Hall–Kier alpha value is -0.920. The zero-order valence-electron chi connectivity index (χ0n) is 10.3. The standard InChI is InChI=1S/C13H18N2OS/c1-12(2)3-5-13(8-14,6-4-12)11(16)10-7-15-9-17-10/h7,9,11,16H,3-6H2,1-2H3. The summed E-state index contributed by atoms with van der Waals surface area (Å²) in [5.41, 5.74) is 1.40. The van der Waals surface area contributed by atoms with Crippen molar-refractivity contribution in [2.75, 3.05) is 0 Å². The maximum Gasteiger partial charge on any atom is 0.108 e. The first-order chi connectivity index (χ1) is 7.99. The van der Waals surface area contributed by atoms with E-state index in [2.05, 4.69) is 24.9 Å². The molecule has 92 valence electrons. The zero-order valence-corrected chi connectivity index (χ0v) is 11.1. The zero-order chi connectivity index (χ0) is 12.5. The first-order valence-corrected chi connectivity index (χ1v) is 6.85. The largest absolute Gasteiger partial charge is 0.386 e. The van der Waals surface area contributed by atoms with E-state index in [9.17, 15) is 10.4 Å². The van der Waals surface area contributed by atoms with Crippen molar-refractivity contribution in [2.24, 2.45) is 10.8 Å². The van der Waals surface area contributed by atoms with Gasteiger partial charge in [-0.1, -0.05) is 13.8 Å². The van der Waals surface area contributed by atoms with Gasteiger partial charge in [-0.3, -0.25) is 4.98 Å². The molecule has 2 rings (SSSR count). The molecule has 0 aromatic carbocycles. The minimum atomic E-state index is -0.684. The van der Waals surface area contributed by atoms with Gasteiger partial charge in [-0.25, -0.2) is 0 Å². The molecule has 0 aliphatic heterocycles. The van der Waals surface area contributed by atoms with Crippen LogP contribution in [-0.2, 0) is 0 Å². The average Bonchev–Trinajstić information content (AvgIpc) is 2.82. The highest BCUT2D eigenvalue weighted by Gasteiger charge is 2.44. The van der Waals surface area contributed by atoms with Crippen LogP contribution in [0.25, 0.3) is 0 Å². The Balaban J connectivity index is 2.20. The van der Waals surface area contributed by atoms with E-state index < -0.39 is 11.5 Å². The Morgan fingerprint density at radius 1 is 1.41 bits per heavy atom. The van der Waals surface area contributed by atoms with Gasteiger partial charge in [0.05, 0.1) is 21.9 Å². The summed E-state index contributed by atoms with van der Waals surface area (Å²) in [6.07, 6.45) is 4.53. The maximum absolute atomic E-state index is 10.4. The van der Waals surface area contributed by atoms with Crippen LogP contribution in [0.15, 0.2) is 11.7 Å². The summed E-state index contributed by atoms with van der Waals surface area (Å²) in [5, 5.41) is 19.9. The van der Waals surface area contributed by atoms with Crippen LogP contribution in [0.3, 0.4) is 0 Å². The molecular formula is C13H18N2OS. The second-order valence-corrected chi connectivity index (χ2v) is 6.66. The van der Waals surface area contributed by atoms with Gasteiger partial charge in [-0.15, -0.1) is 11.3 Å².